The number of nitrogens with zero attached hydrogens (tertiary/aromatic N) is 2. The van der Waals surface area contributed by atoms with Crippen LogP contribution in [0.1, 0.15) is 28.1 Å². The molecular formula is C12H10N2O3S. The number of carbonyl (C=O) groups is 1. The van der Waals surface area contributed by atoms with E-state index in [0.29, 0.717) is 4.88 Å². The van der Waals surface area contributed by atoms with Crippen molar-refractivity contribution in [3.8, 4) is 0 Å². The lowest BCUT2D eigenvalue weighted by Gasteiger charge is -2.08. The van der Waals surface area contributed by atoms with E-state index < -0.39 is 4.92 Å². The predicted molar refractivity (Wildman–Crippen MR) is 68.0 cm³/mol. The van der Waals surface area contributed by atoms with Crippen molar-refractivity contribution in [2.45, 2.75) is 12.8 Å². The van der Waals surface area contributed by atoms with E-state index in [1.165, 1.54) is 12.1 Å². The van der Waals surface area contributed by atoms with Crippen LogP contribution >= 0.6 is 11.3 Å². The van der Waals surface area contributed by atoms with Gasteiger partial charge in [-0.3, -0.25) is 19.9 Å². The van der Waals surface area contributed by atoms with Crippen molar-refractivity contribution in [2.75, 3.05) is 0 Å². The average Bonchev–Trinajstić information content (AvgIpc) is 2.88. The summed E-state index contributed by atoms with van der Waals surface area (Å²) in [4.78, 5) is 26.5. The zero-order chi connectivity index (χ0) is 13.1. The van der Waals surface area contributed by atoms with Gasteiger partial charge in [0.2, 0.25) is 0 Å². The summed E-state index contributed by atoms with van der Waals surface area (Å²) in [5, 5.41) is 10.6. The van der Waals surface area contributed by atoms with Gasteiger partial charge in [-0.05, 0) is 23.8 Å². The molecule has 0 fully saturated rings. The smallest absolute Gasteiger partial charge is 0.293 e. The minimum absolute atomic E-state index is 0.0136. The van der Waals surface area contributed by atoms with Crippen LogP contribution in [0, 0.1) is 10.1 Å². The van der Waals surface area contributed by atoms with Gasteiger partial charge in [0.05, 0.1) is 9.80 Å². The summed E-state index contributed by atoms with van der Waals surface area (Å²) in [6, 6.07) is 6.40. The lowest BCUT2D eigenvalue weighted by atomic mass is 9.97. The second kappa shape index (κ2) is 5.05. The quantitative estimate of drug-likeness (QED) is 0.482. The third-order valence-electron chi connectivity index (χ3n) is 2.61. The van der Waals surface area contributed by atoms with Crippen LogP contribution in [-0.2, 0) is 0 Å². The summed E-state index contributed by atoms with van der Waals surface area (Å²) in [7, 11) is 0. The van der Waals surface area contributed by atoms with Crippen molar-refractivity contribution in [1.82, 2.24) is 4.98 Å². The molecule has 2 rings (SSSR count). The molecule has 0 N–H and O–H groups in total. The molecule has 2 aromatic rings. The van der Waals surface area contributed by atoms with Crippen molar-refractivity contribution >= 4 is 22.1 Å². The topological polar surface area (TPSA) is 73.1 Å². The van der Waals surface area contributed by atoms with E-state index in [9.17, 15) is 14.9 Å². The molecule has 1 atom stereocenters. The average molecular weight is 262 g/mol. The molecule has 0 aliphatic heterocycles. The van der Waals surface area contributed by atoms with Crippen LogP contribution in [0.4, 0.5) is 5.00 Å². The molecule has 2 aromatic heterocycles. The number of nitro groups is 1. The Morgan fingerprint density at radius 3 is 2.56 bits per heavy atom. The van der Waals surface area contributed by atoms with Gasteiger partial charge in [0.1, 0.15) is 0 Å². The Hall–Kier alpha value is -2.08. The number of Topliss-reactive ketones (excluding diaryl/α,β-unsaturated/α-hetero) is 1. The number of thiophene rings is 1. The molecule has 92 valence electrons. The summed E-state index contributed by atoms with van der Waals surface area (Å²) >= 11 is 0.908. The Morgan fingerprint density at radius 2 is 2.00 bits per heavy atom. The van der Waals surface area contributed by atoms with Crippen LogP contribution in [0.5, 0.6) is 0 Å². The number of hydrogen-bond donors (Lipinski definition) is 0. The van der Waals surface area contributed by atoms with Gasteiger partial charge in [-0.2, -0.15) is 0 Å². The normalized spacial score (nSPS) is 12.1. The number of carbonyl (C=O) groups excluding carboxylic acids is 1. The SMILES string of the molecule is CC(C(=O)c1ccc([N+](=O)[O-])s1)c1ccncc1. The summed E-state index contributed by atoms with van der Waals surface area (Å²) in [6.45, 7) is 1.78. The minimum Gasteiger partial charge on any atom is -0.293 e. The third-order valence-corrected chi connectivity index (χ3v) is 3.67. The molecule has 0 aromatic carbocycles. The molecule has 1 unspecified atom stereocenters. The lowest BCUT2D eigenvalue weighted by Crippen LogP contribution is -2.07. The zero-order valence-electron chi connectivity index (χ0n) is 9.57. The monoisotopic (exact) mass is 262 g/mol. The van der Waals surface area contributed by atoms with E-state index in [0.717, 1.165) is 16.9 Å². The van der Waals surface area contributed by atoms with Gasteiger partial charge in [-0.25, -0.2) is 0 Å². The fourth-order valence-corrected chi connectivity index (χ4v) is 2.42. The maximum Gasteiger partial charge on any atom is 0.324 e. The fraction of sp³-hybridized carbons (Fsp3) is 0.167. The van der Waals surface area contributed by atoms with Crippen LogP contribution in [0.3, 0.4) is 0 Å². The predicted octanol–water partition coefficient (Wildman–Crippen LogP) is 3.04. The molecule has 0 aliphatic carbocycles. The van der Waals surface area contributed by atoms with E-state index in [-0.39, 0.29) is 16.7 Å². The highest BCUT2D eigenvalue weighted by Gasteiger charge is 2.21. The number of ketones is 1. The van der Waals surface area contributed by atoms with Gasteiger partial charge in [-0.15, -0.1) is 0 Å². The Kier molecular flexibility index (Phi) is 3.47. The van der Waals surface area contributed by atoms with Crippen LogP contribution < -0.4 is 0 Å². The molecule has 5 nitrogen and oxygen atoms in total. The van der Waals surface area contributed by atoms with E-state index in [1.807, 2.05) is 0 Å². The molecule has 18 heavy (non-hydrogen) atoms. The Labute approximate surface area is 107 Å². The van der Waals surface area contributed by atoms with Crippen molar-refractivity contribution in [1.29, 1.82) is 0 Å². The van der Waals surface area contributed by atoms with Crippen LogP contribution in [0.2, 0.25) is 0 Å². The highest BCUT2D eigenvalue weighted by atomic mass is 32.1. The van der Waals surface area contributed by atoms with Gasteiger partial charge in [-0.1, -0.05) is 18.3 Å². The van der Waals surface area contributed by atoms with Gasteiger partial charge in [0.15, 0.2) is 5.78 Å². The number of pyridine rings is 1. The molecule has 6 heteroatoms. The zero-order valence-corrected chi connectivity index (χ0v) is 10.4. The van der Waals surface area contributed by atoms with Gasteiger partial charge >= 0.3 is 5.00 Å². The van der Waals surface area contributed by atoms with E-state index in [4.69, 9.17) is 0 Å². The van der Waals surface area contributed by atoms with Crippen molar-refractivity contribution in [3.05, 3.63) is 57.2 Å². The maximum absolute atomic E-state index is 12.1. The molecule has 0 saturated carbocycles. The summed E-state index contributed by atoms with van der Waals surface area (Å²) < 4.78 is 0. The number of rotatable bonds is 4. The molecule has 0 spiro atoms. The van der Waals surface area contributed by atoms with Crippen LogP contribution in [-0.4, -0.2) is 15.7 Å². The first-order chi connectivity index (χ1) is 8.59. The standard InChI is InChI=1S/C12H10N2O3S/c1-8(9-4-6-13-7-5-9)12(15)10-2-3-11(18-10)14(16)17/h2-8H,1H3. The summed E-state index contributed by atoms with van der Waals surface area (Å²) in [5.41, 5.74) is 0.853. The maximum atomic E-state index is 12.1. The van der Waals surface area contributed by atoms with Crippen molar-refractivity contribution < 1.29 is 9.72 Å². The second-order valence-electron chi connectivity index (χ2n) is 3.76. The molecule has 0 radical (unpaired) electrons. The number of hydrogen-bond acceptors (Lipinski definition) is 5. The van der Waals surface area contributed by atoms with Crippen LogP contribution in [0.25, 0.3) is 0 Å². The Morgan fingerprint density at radius 1 is 1.33 bits per heavy atom. The van der Waals surface area contributed by atoms with E-state index in [1.54, 1.807) is 31.5 Å². The molecular weight excluding hydrogens is 252 g/mol. The molecule has 0 amide bonds. The largest absolute Gasteiger partial charge is 0.324 e. The summed E-state index contributed by atoms with van der Waals surface area (Å²) in [6.07, 6.45) is 3.24. The highest BCUT2D eigenvalue weighted by molar-refractivity contribution is 7.17. The first-order valence-electron chi connectivity index (χ1n) is 5.28. The first-order valence-corrected chi connectivity index (χ1v) is 6.09. The highest BCUT2D eigenvalue weighted by Crippen LogP contribution is 2.28. The Bertz CT molecular complexity index is 580. The molecule has 0 bridgehead atoms. The van der Waals surface area contributed by atoms with Gasteiger partial charge in [0.25, 0.3) is 0 Å². The van der Waals surface area contributed by atoms with Crippen LogP contribution in [0.15, 0.2) is 36.7 Å². The fourth-order valence-electron chi connectivity index (χ4n) is 1.58. The number of aromatic nitrogens is 1. The van der Waals surface area contributed by atoms with Gasteiger partial charge in [0, 0.05) is 24.4 Å². The van der Waals surface area contributed by atoms with Gasteiger partial charge < -0.3 is 0 Å². The second-order valence-corrected chi connectivity index (χ2v) is 4.82. The van der Waals surface area contributed by atoms with E-state index >= 15 is 0 Å². The van der Waals surface area contributed by atoms with E-state index in [2.05, 4.69) is 4.98 Å². The molecule has 2 heterocycles. The Balaban J connectivity index is 2.23. The molecule has 0 aliphatic rings. The minimum atomic E-state index is -0.488. The molecule has 0 saturated heterocycles. The lowest BCUT2D eigenvalue weighted by molar-refractivity contribution is -0.380. The third kappa shape index (κ3) is 2.43. The van der Waals surface area contributed by atoms with Crippen molar-refractivity contribution in [2.24, 2.45) is 0 Å². The first kappa shape index (κ1) is 12.4. The summed E-state index contributed by atoms with van der Waals surface area (Å²) in [5.74, 6) is -0.439. The van der Waals surface area contributed by atoms with Crippen molar-refractivity contribution in [3.63, 3.8) is 0 Å².